The molecule has 1 heterocycles. The molecule has 0 atom stereocenters. The van der Waals surface area contributed by atoms with Gasteiger partial charge in [-0.25, -0.2) is 4.90 Å². The SMILES string of the molecule is Cc1ccc(C2=C(Nc3cccc(C)c3C)C(=O)N(c3ccccc3C)C2=O)c(C)c1. The van der Waals surface area contributed by atoms with Gasteiger partial charge in [-0.15, -0.1) is 0 Å². The van der Waals surface area contributed by atoms with Crippen LogP contribution >= 0.6 is 0 Å². The van der Waals surface area contributed by atoms with Gasteiger partial charge < -0.3 is 5.32 Å². The smallest absolute Gasteiger partial charge is 0.282 e. The number of carbonyl (C=O) groups is 2. The van der Waals surface area contributed by atoms with Crippen LogP contribution in [0.15, 0.2) is 66.4 Å². The van der Waals surface area contributed by atoms with Crippen molar-refractivity contribution in [1.82, 2.24) is 0 Å². The lowest BCUT2D eigenvalue weighted by Gasteiger charge is -2.18. The third-order valence-electron chi connectivity index (χ3n) is 5.96. The molecule has 3 aromatic carbocycles. The van der Waals surface area contributed by atoms with Gasteiger partial charge in [0.15, 0.2) is 0 Å². The van der Waals surface area contributed by atoms with E-state index in [2.05, 4.69) is 5.32 Å². The summed E-state index contributed by atoms with van der Waals surface area (Å²) >= 11 is 0. The molecule has 4 heteroatoms. The van der Waals surface area contributed by atoms with E-state index in [9.17, 15) is 9.59 Å². The molecule has 1 aliphatic rings. The lowest BCUT2D eigenvalue weighted by molar-refractivity contribution is -0.120. The summed E-state index contributed by atoms with van der Waals surface area (Å²) in [5.74, 6) is -0.644. The lowest BCUT2D eigenvalue weighted by Crippen LogP contribution is -2.33. The molecule has 1 aliphatic heterocycles. The fourth-order valence-electron chi connectivity index (χ4n) is 4.04. The van der Waals surface area contributed by atoms with Crippen molar-refractivity contribution in [2.24, 2.45) is 0 Å². The first-order valence-corrected chi connectivity index (χ1v) is 10.4. The number of imide groups is 1. The molecule has 156 valence electrons. The minimum absolute atomic E-state index is 0.306. The van der Waals surface area contributed by atoms with Gasteiger partial charge in [-0.1, -0.05) is 54.1 Å². The second-order valence-corrected chi connectivity index (χ2v) is 8.17. The van der Waals surface area contributed by atoms with Gasteiger partial charge in [0.1, 0.15) is 5.70 Å². The lowest BCUT2D eigenvalue weighted by atomic mass is 9.97. The Hall–Kier alpha value is -3.66. The van der Waals surface area contributed by atoms with E-state index in [-0.39, 0.29) is 11.8 Å². The maximum atomic E-state index is 13.7. The molecule has 0 aliphatic carbocycles. The highest BCUT2D eigenvalue weighted by Gasteiger charge is 2.41. The van der Waals surface area contributed by atoms with Gasteiger partial charge in [-0.3, -0.25) is 9.59 Å². The highest BCUT2D eigenvalue weighted by Crippen LogP contribution is 2.36. The van der Waals surface area contributed by atoms with E-state index in [4.69, 9.17) is 0 Å². The summed E-state index contributed by atoms with van der Waals surface area (Å²) in [4.78, 5) is 28.6. The van der Waals surface area contributed by atoms with E-state index in [0.29, 0.717) is 17.0 Å². The van der Waals surface area contributed by atoms with E-state index in [1.165, 1.54) is 4.90 Å². The van der Waals surface area contributed by atoms with Crippen molar-refractivity contribution in [2.45, 2.75) is 34.6 Å². The number of nitrogens with zero attached hydrogens (tertiary/aromatic N) is 1. The van der Waals surface area contributed by atoms with Gasteiger partial charge in [0, 0.05) is 5.69 Å². The maximum Gasteiger partial charge on any atom is 0.282 e. The number of anilines is 2. The van der Waals surface area contributed by atoms with Crippen LogP contribution in [0.3, 0.4) is 0 Å². The van der Waals surface area contributed by atoms with Gasteiger partial charge in [-0.2, -0.15) is 0 Å². The quantitative estimate of drug-likeness (QED) is 0.568. The fourth-order valence-corrected chi connectivity index (χ4v) is 4.04. The zero-order valence-corrected chi connectivity index (χ0v) is 18.5. The average molecular weight is 411 g/mol. The summed E-state index contributed by atoms with van der Waals surface area (Å²) in [5, 5.41) is 3.31. The molecule has 4 rings (SSSR count). The monoisotopic (exact) mass is 410 g/mol. The summed E-state index contributed by atoms with van der Waals surface area (Å²) in [6, 6.07) is 19.3. The Morgan fingerprint density at radius 2 is 1.42 bits per heavy atom. The highest BCUT2D eigenvalue weighted by atomic mass is 16.2. The van der Waals surface area contributed by atoms with Gasteiger partial charge >= 0.3 is 0 Å². The number of para-hydroxylation sites is 1. The molecule has 0 saturated heterocycles. The number of carbonyl (C=O) groups excluding carboxylic acids is 2. The molecule has 1 N–H and O–H groups in total. The summed E-state index contributed by atoms with van der Waals surface area (Å²) in [7, 11) is 0. The Morgan fingerprint density at radius 1 is 0.710 bits per heavy atom. The first-order chi connectivity index (χ1) is 14.8. The number of benzene rings is 3. The van der Waals surface area contributed by atoms with Gasteiger partial charge in [-0.05, 0) is 74.6 Å². The van der Waals surface area contributed by atoms with Crippen molar-refractivity contribution in [1.29, 1.82) is 0 Å². The van der Waals surface area contributed by atoms with Gasteiger partial charge in [0.05, 0.1) is 11.3 Å². The predicted octanol–water partition coefficient (Wildman–Crippen LogP) is 5.63. The van der Waals surface area contributed by atoms with Crippen LogP contribution in [0.4, 0.5) is 11.4 Å². The van der Waals surface area contributed by atoms with Crippen LogP contribution < -0.4 is 10.2 Å². The van der Waals surface area contributed by atoms with Crippen LogP contribution in [0.2, 0.25) is 0 Å². The van der Waals surface area contributed by atoms with Crippen LogP contribution in [0.1, 0.15) is 33.4 Å². The molecular formula is C27H26N2O2. The molecule has 3 aromatic rings. The number of amides is 2. The molecular weight excluding hydrogens is 384 g/mol. The molecule has 0 spiro atoms. The van der Waals surface area contributed by atoms with E-state index >= 15 is 0 Å². The molecule has 0 aromatic heterocycles. The van der Waals surface area contributed by atoms with E-state index in [1.807, 2.05) is 95.3 Å². The van der Waals surface area contributed by atoms with Crippen LogP contribution in [0, 0.1) is 34.6 Å². The largest absolute Gasteiger partial charge is 0.350 e. The van der Waals surface area contributed by atoms with Crippen molar-refractivity contribution in [3.63, 3.8) is 0 Å². The Balaban J connectivity index is 1.91. The molecule has 0 unspecified atom stereocenters. The molecule has 0 radical (unpaired) electrons. The maximum absolute atomic E-state index is 13.7. The standard InChI is InChI=1S/C27H26N2O2/c1-16-13-14-21(19(4)15-16)24-25(28-22-11-8-10-17(2)20(22)5)27(31)29(26(24)30)23-12-7-6-9-18(23)3/h6-15,28H,1-5H3. The average Bonchev–Trinajstić information content (AvgIpc) is 2.96. The van der Waals surface area contributed by atoms with Crippen LogP contribution in [0.5, 0.6) is 0 Å². The molecule has 4 nitrogen and oxygen atoms in total. The minimum Gasteiger partial charge on any atom is -0.350 e. The zero-order chi connectivity index (χ0) is 22.3. The van der Waals surface area contributed by atoms with Crippen molar-refractivity contribution in [3.8, 4) is 0 Å². The summed E-state index contributed by atoms with van der Waals surface area (Å²) in [6.07, 6.45) is 0. The van der Waals surface area contributed by atoms with Crippen molar-refractivity contribution in [3.05, 3.63) is 99.7 Å². The second-order valence-electron chi connectivity index (χ2n) is 8.17. The van der Waals surface area contributed by atoms with E-state index in [1.54, 1.807) is 0 Å². The van der Waals surface area contributed by atoms with Gasteiger partial charge in [0.25, 0.3) is 11.8 Å². The fraction of sp³-hybridized carbons (Fsp3) is 0.185. The third kappa shape index (κ3) is 3.55. The topological polar surface area (TPSA) is 49.4 Å². The molecule has 0 fully saturated rings. The molecule has 2 amide bonds. The number of hydrogen-bond donors (Lipinski definition) is 1. The van der Waals surface area contributed by atoms with Gasteiger partial charge in [0.2, 0.25) is 0 Å². The third-order valence-corrected chi connectivity index (χ3v) is 5.96. The molecule has 31 heavy (non-hydrogen) atoms. The Kier molecular flexibility index (Phi) is 5.24. The Morgan fingerprint density at radius 3 is 2.13 bits per heavy atom. The summed E-state index contributed by atoms with van der Waals surface area (Å²) in [6.45, 7) is 9.93. The van der Waals surface area contributed by atoms with Crippen molar-refractivity contribution in [2.75, 3.05) is 10.2 Å². The zero-order valence-electron chi connectivity index (χ0n) is 18.5. The summed E-state index contributed by atoms with van der Waals surface area (Å²) in [5.41, 5.74) is 8.03. The first kappa shape index (κ1) is 20.6. The van der Waals surface area contributed by atoms with E-state index < -0.39 is 0 Å². The Labute approximate surface area is 183 Å². The number of nitrogens with one attached hydrogen (secondary N) is 1. The summed E-state index contributed by atoms with van der Waals surface area (Å²) < 4.78 is 0. The second kappa shape index (κ2) is 7.88. The van der Waals surface area contributed by atoms with E-state index in [0.717, 1.165) is 39.1 Å². The number of hydrogen-bond acceptors (Lipinski definition) is 3. The first-order valence-electron chi connectivity index (χ1n) is 10.4. The molecule has 0 bridgehead atoms. The highest BCUT2D eigenvalue weighted by molar-refractivity contribution is 6.46. The number of aryl methyl sites for hydroxylation is 4. The normalized spacial score (nSPS) is 13.9. The van der Waals surface area contributed by atoms with Crippen molar-refractivity contribution >= 4 is 28.8 Å². The van der Waals surface area contributed by atoms with Crippen LogP contribution in [0.25, 0.3) is 5.57 Å². The van der Waals surface area contributed by atoms with Crippen molar-refractivity contribution < 1.29 is 9.59 Å². The van der Waals surface area contributed by atoms with Crippen LogP contribution in [-0.4, -0.2) is 11.8 Å². The number of rotatable bonds is 4. The Bertz CT molecular complexity index is 1250. The predicted molar refractivity (Wildman–Crippen MR) is 126 cm³/mol. The van der Waals surface area contributed by atoms with Crippen LogP contribution in [-0.2, 0) is 9.59 Å². The minimum atomic E-state index is -0.338. The molecule has 0 saturated carbocycles.